The molecule has 1 unspecified atom stereocenters. The fraction of sp³-hybridized carbons (Fsp3) is 0.462. The molecule has 0 heterocycles. The van der Waals surface area contributed by atoms with Crippen LogP contribution >= 0.6 is 11.6 Å². The number of hydrogen-bond donors (Lipinski definition) is 1. The van der Waals surface area contributed by atoms with Gasteiger partial charge in [0.25, 0.3) is 5.91 Å². The van der Waals surface area contributed by atoms with E-state index in [0.29, 0.717) is 5.92 Å². The normalized spacial score (nSPS) is 16.5. The highest BCUT2D eigenvalue weighted by Crippen LogP contribution is 2.31. The molecule has 1 atom stereocenters. The van der Waals surface area contributed by atoms with Crippen molar-refractivity contribution < 1.29 is 9.72 Å². The van der Waals surface area contributed by atoms with Crippen LogP contribution in [0.15, 0.2) is 18.2 Å². The fourth-order valence-electron chi connectivity index (χ4n) is 2.23. The van der Waals surface area contributed by atoms with E-state index in [2.05, 4.69) is 5.32 Å². The molecule has 6 heteroatoms. The van der Waals surface area contributed by atoms with E-state index in [0.717, 1.165) is 12.8 Å². The van der Waals surface area contributed by atoms with Gasteiger partial charge in [-0.25, -0.2) is 0 Å². The molecule has 1 amide bonds. The van der Waals surface area contributed by atoms with Crippen molar-refractivity contribution in [3.05, 3.63) is 38.9 Å². The SMILES string of the molecule is CC(NC(=O)c1cccc(Cl)c1[N+](=O)[O-])C1CCC1. The van der Waals surface area contributed by atoms with Crippen LogP contribution in [0.1, 0.15) is 36.5 Å². The summed E-state index contributed by atoms with van der Waals surface area (Å²) in [5.74, 6) is 0.0378. The lowest BCUT2D eigenvalue weighted by molar-refractivity contribution is -0.385. The van der Waals surface area contributed by atoms with E-state index in [1.807, 2.05) is 6.92 Å². The minimum absolute atomic E-state index is 0.0173. The van der Waals surface area contributed by atoms with Crippen LogP contribution in [0.2, 0.25) is 5.02 Å². The van der Waals surface area contributed by atoms with Crippen LogP contribution in [-0.2, 0) is 0 Å². The van der Waals surface area contributed by atoms with E-state index in [4.69, 9.17) is 11.6 Å². The summed E-state index contributed by atoms with van der Waals surface area (Å²) in [6.07, 6.45) is 3.38. The van der Waals surface area contributed by atoms with Gasteiger partial charge in [-0.15, -0.1) is 0 Å². The summed E-state index contributed by atoms with van der Waals surface area (Å²) in [4.78, 5) is 22.5. The van der Waals surface area contributed by atoms with Crippen LogP contribution in [0.25, 0.3) is 0 Å². The van der Waals surface area contributed by atoms with Crippen molar-refractivity contribution >= 4 is 23.2 Å². The van der Waals surface area contributed by atoms with Crippen molar-refractivity contribution in [3.8, 4) is 0 Å². The van der Waals surface area contributed by atoms with Gasteiger partial charge in [-0.2, -0.15) is 0 Å². The predicted octanol–water partition coefficient (Wildman–Crippen LogP) is 3.17. The summed E-state index contributed by atoms with van der Waals surface area (Å²) < 4.78 is 0. The zero-order valence-corrected chi connectivity index (χ0v) is 11.3. The zero-order valence-electron chi connectivity index (χ0n) is 10.6. The van der Waals surface area contributed by atoms with E-state index in [1.54, 1.807) is 0 Å². The molecule has 102 valence electrons. The lowest BCUT2D eigenvalue weighted by Crippen LogP contribution is -2.40. The third kappa shape index (κ3) is 2.87. The zero-order chi connectivity index (χ0) is 14.0. The van der Waals surface area contributed by atoms with Gasteiger partial charge >= 0.3 is 5.69 Å². The highest BCUT2D eigenvalue weighted by molar-refractivity contribution is 6.33. The van der Waals surface area contributed by atoms with Crippen LogP contribution in [0.4, 0.5) is 5.69 Å². The Labute approximate surface area is 116 Å². The van der Waals surface area contributed by atoms with Gasteiger partial charge in [-0.05, 0) is 37.8 Å². The lowest BCUT2D eigenvalue weighted by Gasteiger charge is -2.31. The molecule has 1 saturated carbocycles. The molecule has 0 aromatic heterocycles. The van der Waals surface area contributed by atoms with Gasteiger partial charge in [0.15, 0.2) is 0 Å². The van der Waals surface area contributed by atoms with Crippen molar-refractivity contribution in [3.63, 3.8) is 0 Å². The largest absolute Gasteiger partial charge is 0.349 e. The first-order valence-electron chi connectivity index (χ1n) is 6.24. The maximum Gasteiger partial charge on any atom is 0.300 e. The number of nitro benzene ring substituents is 1. The van der Waals surface area contributed by atoms with Gasteiger partial charge in [-0.1, -0.05) is 24.1 Å². The highest BCUT2D eigenvalue weighted by Gasteiger charge is 2.28. The Bertz CT molecular complexity index is 515. The maximum atomic E-state index is 12.1. The Kier molecular flexibility index (Phi) is 4.04. The molecule has 19 heavy (non-hydrogen) atoms. The van der Waals surface area contributed by atoms with Crippen molar-refractivity contribution in [1.82, 2.24) is 5.32 Å². The molecule has 0 bridgehead atoms. The average molecular weight is 283 g/mol. The second-order valence-electron chi connectivity index (χ2n) is 4.85. The summed E-state index contributed by atoms with van der Waals surface area (Å²) in [6, 6.07) is 4.40. The van der Waals surface area contributed by atoms with E-state index >= 15 is 0 Å². The monoisotopic (exact) mass is 282 g/mol. The minimum atomic E-state index is -0.620. The minimum Gasteiger partial charge on any atom is -0.349 e. The first-order chi connectivity index (χ1) is 9.00. The van der Waals surface area contributed by atoms with Gasteiger partial charge in [0.1, 0.15) is 10.6 Å². The van der Waals surface area contributed by atoms with Crippen LogP contribution in [0, 0.1) is 16.0 Å². The smallest absolute Gasteiger partial charge is 0.300 e. The molecule has 0 aliphatic heterocycles. The quantitative estimate of drug-likeness (QED) is 0.681. The van der Waals surface area contributed by atoms with Crippen molar-refractivity contribution in [2.45, 2.75) is 32.2 Å². The first kappa shape index (κ1) is 13.8. The number of nitrogens with one attached hydrogen (secondary N) is 1. The molecule has 1 aromatic rings. The number of para-hydroxylation sites is 1. The summed E-state index contributed by atoms with van der Waals surface area (Å²) in [5.41, 5.74) is -0.314. The third-order valence-electron chi connectivity index (χ3n) is 3.63. The van der Waals surface area contributed by atoms with Gasteiger partial charge in [0, 0.05) is 6.04 Å². The van der Waals surface area contributed by atoms with Crippen LogP contribution in [0.3, 0.4) is 0 Å². The molecule has 0 saturated heterocycles. The molecule has 1 aliphatic rings. The van der Waals surface area contributed by atoms with Gasteiger partial charge < -0.3 is 5.32 Å². The van der Waals surface area contributed by atoms with Crippen molar-refractivity contribution in [2.24, 2.45) is 5.92 Å². The Balaban J connectivity index is 2.18. The number of benzene rings is 1. The maximum absolute atomic E-state index is 12.1. The summed E-state index contributed by atoms with van der Waals surface area (Å²) in [7, 11) is 0. The van der Waals surface area contributed by atoms with E-state index in [1.165, 1.54) is 24.6 Å². The number of nitro groups is 1. The summed E-state index contributed by atoms with van der Waals surface area (Å²) in [5, 5.41) is 13.8. The molecule has 1 aliphatic carbocycles. The first-order valence-corrected chi connectivity index (χ1v) is 6.62. The number of rotatable bonds is 4. The van der Waals surface area contributed by atoms with E-state index in [-0.39, 0.29) is 22.3 Å². The second kappa shape index (κ2) is 5.57. The molecule has 2 rings (SSSR count). The molecule has 1 aromatic carbocycles. The summed E-state index contributed by atoms with van der Waals surface area (Å²) in [6.45, 7) is 1.93. The molecular formula is C13H15ClN2O3. The van der Waals surface area contributed by atoms with Gasteiger partial charge in [-0.3, -0.25) is 14.9 Å². The number of nitrogens with zero attached hydrogens (tertiary/aromatic N) is 1. The topological polar surface area (TPSA) is 72.2 Å². The number of amides is 1. The van der Waals surface area contributed by atoms with Crippen LogP contribution in [-0.4, -0.2) is 16.9 Å². The fourth-order valence-corrected chi connectivity index (χ4v) is 2.47. The van der Waals surface area contributed by atoms with Gasteiger partial charge in [0.05, 0.1) is 4.92 Å². The Morgan fingerprint density at radius 1 is 1.53 bits per heavy atom. The van der Waals surface area contributed by atoms with E-state index in [9.17, 15) is 14.9 Å². The van der Waals surface area contributed by atoms with Crippen molar-refractivity contribution in [1.29, 1.82) is 0 Å². The second-order valence-corrected chi connectivity index (χ2v) is 5.25. The van der Waals surface area contributed by atoms with Crippen molar-refractivity contribution in [2.75, 3.05) is 0 Å². The average Bonchev–Trinajstić information content (AvgIpc) is 2.25. The standard InChI is InChI=1S/C13H15ClN2O3/c1-8(9-4-2-5-9)15-13(17)10-6-3-7-11(14)12(10)16(18)19/h3,6-9H,2,4-5H2,1H3,(H,15,17). The molecule has 0 spiro atoms. The van der Waals surface area contributed by atoms with E-state index < -0.39 is 10.8 Å². The summed E-state index contributed by atoms with van der Waals surface area (Å²) >= 11 is 5.78. The van der Waals surface area contributed by atoms with Crippen LogP contribution in [0.5, 0.6) is 0 Å². The Hall–Kier alpha value is -1.62. The number of hydrogen-bond acceptors (Lipinski definition) is 3. The third-order valence-corrected chi connectivity index (χ3v) is 3.93. The molecule has 5 nitrogen and oxygen atoms in total. The number of carbonyl (C=O) groups is 1. The lowest BCUT2D eigenvalue weighted by atomic mass is 9.80. The molecule has 1 N–H and O–H groups in total. The van der Waals surface area contributed by atoms with Crippen LogP contribution < -0.4 is 5.32 Å². The highest BCUT2D eigenvalue weighted by atomic mass is 35.5. The Morgan fingerprint density at radius 2 is 2.21 bits per heavy atom. The molecule has 0 radical (unpaired) electrons. The Morgan fingerprint density at radius 3 is 2.74 bits per heavy atom. The number of halogens is 1. The molecule has 1 fully saturated rings. The van der Waals surface area contributed by atoms with Gasteiger partial charge in [0.2, 0.25) is 0 Å². The number of carbonyl (C=O) groups excluding carboxylic acids is 1. The predicted molar refractivity (Wildman–Crippen MR) is 72.4 cm³/mol. The molecular weight excluding hydrogens is 268 g/mol.